The molecule has 1 aliphatic heterocycles. The van der Waals surface area contributed by atoms with Crippen molar-refractivity contribution >= 4 is 45.4 Å². The van der Waals surface area contributed by atoms with Crippen LogP contribution < -0.4 is 4.90 Å². The number of amides is 1. The molecule has 0 N–H and O–H groups in total. The molecule has 3 aromatic rings. The maximum atomic E-state index is 13.3. The number of amidine groups is 1. The van der Waals surface area contributed by atoms with Gasteiger partial charge in [-0.15, -0.1) is 0 Å². The van der Waals surface area contributed by atoms with Crippen molar-refractivity contribution in [2.24, 2.45) is 4.99 Å². The Morgan fingerprint density at radius 1 is 0.968 bits per heavy atom. The average molecular weight is 475 g/mol. The molecule has 1 amide bonds. The highest BCUT2D eigenvalue weighted by molar-refractivity contribution is 9.10. The molecule has 5 nitrogen and oxygen atoms in total. The first-order valence-electron chi connectivity index (χ1n) is 9.62. The van der Waals surface area contributed by atoms with Crippen LogP contribution in [0.15, 0.2) is 88.0 Å². The first kappa shape index (κ1) is 20.8. The average Bonchev–Trinajstić information content (AvgIpc) is 3.10. The second-order valence-electron chi connectivity index (χ2n) is 7.06. The van der Waals surface area contributed by atoms with Gasteiger partial charge in [-0.05, 0) is 55.0 Å². The number of halogens is 1. The van der Waals surface area contributed by atoms with Crippen LogP contribution in [0.4, 0.5) is 5.69 Å². The second-order valence-corrected chi connectivity index (χ2v) is 7.98. The Hall–Kier alpha value is -3.51. The predicted molar refractivity (Wildman–Crippen MR) is 125 cm³/mol. The smallest absolute Gasteiger partial charge is 0.337 e. The third kappa shape index (κ3) is 4.34. The molecule has 3 aromatic carbocycles. The SMILES string of the molecule is COC(=O)c1ccc(/C=C2/N=C(c3ccc(C)cc3)N(c3ccc(Br)cc3)C2=O)cc1. The van der Waals surface area contributed by atoms with Gasteiger partial charge in [0.1, 0.15) is 11.5 Å². The summed E-state index contributed by atoms with van der Waals surface area (Å²) < 4.78 is 5.66. The second kappa shape index (κ2) is 8.70. The molecule has 0 aromatic heterocycles. The fourth-order valence-electron chi connectivity index (χ4n) is 3.23. The summed E-state index contributed by atoms with van der Waals surface area (Å²) in [4.78, 5) is 31.3. The van der Waals surface area contributed by atoms with Crippen LogP contribution in [0, 0.1) is 6.92 Å². The molecule has 1 aliphatic rings. The quantitative estimate of drug-likeness (QED) is 0.376. The maximum Gasteiger partial charge on any atom is 0.337 e. The van der Waals surface area contributed by atoms with Gasteiger partial charge >= 0.3 is 5.97 Å². The van der Waals surface area contributed by atoms with Crippen molar-refractivity contribution in [2.45, 2.75) is 6.92 Å². The lowest BCUT2D eigenvalue weighted by atomic mass is 10.1. The van der Waals surface area contributed by atoms with E-state index in [1.807, 2.05) is 55.5 Å². The summed E-state index contributed by atoms with van der Waals surface area (Å²) in [7, 11) is 1.34. The topological polar surface area (TPSA) is 59.0 Å². The minimum absolute atomic E-state index is 0.213. The Morgan fingerprint density at radius 3 is 2.23 bits per heavy atom. The first-order chi connectivity index (χ1) is 15.0. The Morgan fingerprint density at radius 2 is 1.61 bits per heavy atom. The lowest BCUT2D eigenvalue weighted by Crippen LogP contribution is -2.32. The molecule has 0 spiro atoms. The van der Waals surface area contributed by atoms with E-state index in [9.17, 15) is 9.59 Å². The van der Waals surface area contributed by atoms with E-state index in [1.165, 1.54) is 7.11 Å². The van der Waals surface area contributed by atoms with Crippen molar-refractivity contribution in [2.75, 3.05) is 12.0 Å². The molecule has 0 saturated carbocycles. The van der Waals surface area contributed by atoms with Gasteiger partial charge in [-0.3, -0.25) is 9.69 Å². The summed E-state index contributed by atoms with van der Waals surface area (Å²) in [6.07, 6.45) is 1.72. The fraction of sp³-hybridized carbons (Fsp3) is 0.0800. The number of carbonyl (C=O) groups is 2. The van der Waals surface area contributed by atoms with Crippen LogP contribution in [0.25, 0.3) is 6.08 Å². The maximum absolute atomic E-state index is 13.3. The van der Waals surface area contributed by atoms with E-state index in [4.69, 9.17) is 4.74 Å². The van der Waals surface area contributed by atoms with Gasteiger partial charge < -0.3 is 4.74 Å². The molecule has 0 bridgehead atoms. The van der Waals surface area contributed by atoms with E-state index < -0.39 is 5.97 Å². The molecule has 0 radical (unpaired) electrons. The zero-order valence-electron chi connectivity index (χ0n) is 17.0. The summed E-state index contributed by atoms with van der Waals surface area (Å²) in [6.45, 7) is 2.02. The van der Waals surface area contributed by atoms with E-state index in [-0.39, 0.29) is 5.91 Å². The van der Waals surface area contributed by atoms with Gasteiger partial charge in [0.15, 0.2) is 0 Å². The standard InChI is InChI=1S/C25H19BrN2O3/c1-16-3-7-18(8-4-16)23-27-22(15-17-5-9-19(10-6-17)25(30)31-2)24(29)28(23)21-13-11-20(26)12-14-21/h3-15H,1-2H3/b22-15+. The number of benzene rings is 3. The number of aryl methyl sites for hydroxylation is 1. The van der Waals surface area contributed by atoms with Crippen molar-refractivity contribution in [1.29, 1.82) is 0 Å². The van der Waals surface area contributed by atoms with E-state index in [0.29, 0.717) is 17.1 Å². The van der Waals surface area contributed by atoms with Gasteiger partial charge in [0.05, 0.1) is 18.4 Å². The number of carbonyl (C=O) groups excluding carboxylic acids is 2. The summed E-state index contributed by atoms with van der Waals surface area (Å²) in [5, 5.41) is 0. The molecular formula is C25H19BrN2O3. The number of aliphatic imine (C=N–C) groups is 1. The molecule has 0 fully saturated rings. The normalized spacial score (nSPS) is 14.7. The molecule has 0 unspecified atom stereocenters. The lowest BCUT2D eigenvalue weighted by molar-refractivity contribution is -0.113. The molecule has 1 heterocycles. The zero-order chi connectivity index (χ0) is 22.0. The van der Waals surface area contributed by atoms with Crippen LogP contribution in [0.2, 0.25) is 0 Å². The van der Waals surface area contributed by atoms with Crippen LogP contribution >= 0.6 is 15.9 Å². The molecule has 154 valence electrons. The largest absolute Gasteiger partial charge is 0.465 e. The number of rotatable bonds is 4. The number of methoxy groups -OCH3 is 1. The van der Waals surface area contributed by atoms with Crippen molar-refractivity contribution in [3.05, 3.63) is 105 Å². The molecule has 0 atom stereocenters. The summed E-state index contributed by atoms with van der Waals surface area (Å²) in [5.41, 5.74) is 4.25. The van der Waals surface area contributed by atoms with Gasteiger partial charge in [-0.25, -0.2) is 9.79 Å². The number of hydrogen-bond donors (Lipinski definition) is 0. The molecule has 31 heavy (non-hydrogen) atoms. The van der Waals surface area contributed by atoms with Crippen LogP contribution in [0.3, 0.4) is 0 Å². The number of anilines is 1. The van der Waals surface area contributed by atoms with E-state index in [0.717, 1.165) is 26.9 Å². The van der Waals surface area contributed by atoms with E-state index in [1.54, 1.807) is 35.2 Å². The zero-order valence-corrected chi connectivity index (χ0v) is 18.6. The number of nitrogens with zero attached hydrogens (tertiary/aromatic N) is 2. The van der Waals surface area contributed by atoms with E-state index in [2.05, 4.69) is 20.9 Å². The van der Waals surface area contributed by atoms with Gasteiger partial charge in [0.2, 0.25) is 0 Å². The van der Waals surface area contributed by atoms with Gasteiger partial charge in [-0.1, -0.05) is 57.9 Å². The number of esters is 1. The number of ether oxygens (including phenoxy) is 1. The summed E-state index contributed by atoms with van der Waals surface area (Å²) >= 11 is 3.44. The third-order valence-corrected chi connectivity index (χ3v) is 5.42. The Labute approximate surface area is 188 Å². The summed E-state index contributed by atoms with van der Waals surface area (Å²) in [5.74, 6) is -0.0445. The highest BCUT2D eigenvalue weighted by atomic mass is 79.9. The number of hydrogen-bond acceptors (Lipinski definition) is 4. The van der Waals surface area contributed by atoms with Crippen molar-refractivity contribution in [3.8, 4) is 0 Å². The minimum atomic E-state index is -0.405. The van der Waals surface area contributed by atoms with Crippen LogP contribution in [0.1, 0.15) is 27.0 Å². The van der Waals surface area contributed by atoms with Crippen molar-refractivity contribution < 1.29 is 14.3 Å². The van der Waals surface area contributed by atoms with Crippen LogP contribution in [-0.2, 0) is 9.53 Å². The molecule has 6 heteroatoms. The predicted octanol–water partition coefficient (Wildman–Crippen LogP) is 5.38. The molecule has 0 saturated heterocycles. The molecular weight excluding hydrogens is 456 g/mol. The first-order valence-corrected chi connectivity index (χ1v) is 10.4. The summed E-state index contributed by atoms with van der Waals surface area (Å²) in [6, 6.07) is 22.3. The fourth-order valence-corrected chi connectivity index (χ4v) is 3.50. The lowest BCUT2D eigenvalue weighted by Gasteiger charge is -2.18. The Bertz CT molecular complexity index is 1200. The minimum Gasteiger partial charge on any atom is -0.465 e. The third-order valence-electron chi connectivity index (χ3n) is 4.89. The Kier molecular flexibility index (Phi) is 5.82. The monoisotopic (exact) mass is 474 g/mol. The molecule has 0 aliphatic carbocycles. The highest BCUT2D eigenvalue weighted by Crippen LogP contribution is 2.29. The Balaban J connectivity index is 1.75. The highest BCUT2D eigenvalue weighted by Gasteiger charge is 2.32. The van der Waals surface area contributed by atoms with Gasteiger partial charge in [0, 0.05) is 10.0 Å². The van der Waals surface area contributed by atoms with Crippen LogP contribution in [0.5, 0.6) is 0 Å². The van der Waals surface area contributed by atoms with E-state index >= 15 is 0 Å². The van der Waals surface area contributed by atoms with Crippen LogP contribution in [-0.4, -0.2) is 24.8 Å². The van der Waals surface area contributed by atoms with Crippen molar-refractivity contribution in [3.63, 3.8) is 0 Å². The van der Waals surface area contributed by atoms with Gasteiger partial charge in [-0.2, -0.15) is 0 Å². The van der Waals surface area contributed by atoms with Crippen molar-refractivity contribution in [1.82, 2.24) is 0 Å². The molecule has 4 rings (SSSR count). The van der Waals surface area contributed by atoms with Gasteiger partial charge in [0.25, 0.3) is 5.91 Å².